The van der Waals surface area contributed by atoms with Gasteiger partial charge in [-0.2, -0.15) is 0 Å². The van der Waals surface area contributed by atoms with Crippen molar-refractivity contribution >= 4 is 9.73 Å². The monoisotopic (exact) mass is 209 g/mol. The van der Waals surface area contributed by atoms with E-state index in [2.05, 4.69) is 4.36 Å². The van der Waals surface area contributed by atoms with Crippen LogP contribution in [0.3, 0.4) is 0 Å². The summed E-state index contributed by atoms with van der Waals surface area (Å²) in [4.78, 5) is 0.877. The molecule has 0 fully saturated rings. The van der Waals surface area contributed by atoms with Gasteiger partial charge < -0.3 is 0 Å². The van der Waals surface area contributed by atoms with Gasteiger partial charge in [-0.1, -0.05) is 18.2 Å². The summed E-state index contributed by atoms with van der Waals surface area (Å²) in [5.74, 6) is 0. The van der Waals surface area contributed by atoms with E-state index in [1.165, 1.54) is 0 Å². The number of benzene rings is 1. The molecule has 1 heterocycles. The van der Waals surface area contributed by atoms with Gasteiger partial charge in [-0.05, 0) is 32.4 Å². The molecule has 0 aliphatic carbocycles. The zero-order valence-electron chi connectivity index (χ0n) is 8.56. The van der Waals surface area contributed by atoms with Gasteiger partial charge in [-0.3, -0.25) is 0 Å². The first-order valence-corrected chi connectivity index (χ1v) is 6.35. The second kappa shape index (κ2) is 3.09. The minimum absolute atomic E-state index is 0.186. The second-order valence-corrected chi connectivity index (χ2v) is 7.09. The lowest BCUT2D eigenvalue weighted by Crippen LogP contribution is -2.27. The van der Waals surface area contributed by atoms with Gasteiger partial charge in [0.15, 0.2) is 0 Å². The summed E-state index contributed by atoms with van der Waals surface area (Å²) < 4.78 is 16.8. The summed E-state index contributed by atoms with van der Waals surface area (Å²) in [5, 5.41) is 0. The Labute approximate surface area is 85.5 Å². The van der Waals surface area contributed by atoms with Crippen molar-refractivity contribution in [1.82, 2.24) is 0 Å². The quantitative estimate of drug-likeness (QED) is 0.699. The third-order valence-electron chi connectivity index (χ3n) is 2.80. The Hall–Kier alpha value is -0.830. The van der Waals surface area contributed by atoms with Crippen LogP contribution >= 0.6 is 0 Å². The molecule has 1 aliphatic heterocycles. The third kappa shape index (κ3) is 1.27. The Morgan fingerprint density at radius 2 is 1.93 bits per heavy atom. The minimum Gasteiger partial charge on any atom is -0.244 e. The predicted molar refractivity (Wildman–Crippen MR) is 58.8 cm³/mol. The molecule has 1 aliphatic rings. The highest BCUT2D eigenvalue weighted by molar-refractivity contribution is 7.95. The van der Waals surface area contributed by atoms with E-state index in [9.17, 15) is 4.21 Å². The number of hydrogen-bond acceptors (Lipinski definition) is 2. The van der Waals surface area contributed by atoms with Gasteiger partial charge in [-0.25, -0.2) is 8.57 Å². The van der Waals surface area contributed by atoms with E-state index in [0.29, 0.717) is 0 Å². The maximum absolute atomic E-state index is 12.7. The van der Waals surface area contributed by atoms with Crippen LogP contribution in [0.4, 0.5) is 0 Å². The molecule has 1 unspecified atom stereocenters. The van der Waals surface area contributed by atoms with Gasteiger partial charge in [-0.15, -0.1) is 0 Å². The van der Waals surface area contributed by atoms with E-state index >= 15 is 0 Å². The molecule has 0 bridgehead atoms. The Morgan fingerprint density at radius 1 is 1.29 bits per heavy atom. The largest absolute Gasteiger partial charge is 0.244 e. The second-order valence-electron chi connectivity index (χ2n) is 4.20. The molecule has 0 saturated heterocycles. The summed E-state index contributed by atoms with van der Waals surface area (Å²) >= 11 is 0. The van der Waals surface area contributed by atoms with Crippen molar-refractivity contribution in [1.29, 1.82) is 0 Å². The van der Waals surface area contributed by atoms with Crippen LogP contribution in [0.2, 0.25) is 0 Å². The van der Waals surface area contributed by atoms with Crippen LogP contribution in [0.25, 0.3) is 0 Å². The molecule has 1 aromatic carbocycles. The molecule has 0 amide bonds. The molecular formula is C11H15NOS. The zero-order valence-corrected chi connectivity index (χ0v) is 9.38. The van der Waals surface area contributed by atoms with Crippen LogP contribution in [0.5, 0.6) is 0 Å². The highest BCUT2D eigenvalue weighted by atomic mass is 32.2. The summed E-state index contributed by atoms with van der Waals surface area (Å²) in [7, 11) is -2.19. The average molecular weight is 209 g/mol. The van der Waals surface area contributed by atoms with E-state index in [-0.39, 0.29) is 4.75 Å². The molecule has 1 atom stereocenters. The predicted octanol–water partition coefficient (Wildman–Crippen LogP) is 2.70. The van der Waals surface area contributed by atoms with Crippen molar-refractivity contribution in [3.8, 4) is 0 Å². The summed E-state index contributed by atoms with van der Waals surface area (Å²) in [6.07, 6.45) is 0.917. The molecule has 0 spiro atoms. The van der Waals surface area contributed by atoms with Gasteiger partial charge >= 0.3 is 0 Å². The Balaban J connectivity index is 2.60. The molecule has 0 saturated carbocycles. The third-order valence-corrected chi connectivity index (χ3v) is 5.96. The van der Waals surface area contributed by atoms with E-state index in [0.717, 1.165) is 17.9 Å². The fourth-order valence-corrected chi connectivity index (χ4v) is 4.13. The maximum atomic E-state index is 12.7. The standard InChI is InChI=1S/C11H15NOS/c1-11(2)8-9-12-14(11,13)10-6-4-3-5-7-10/h3-7H,8-9H2,1-2H3. The number of rotatable bonds is 1. The summed E-state index contributed by atoms with van der Waals surface area (Å²) in [5.41, 5.74) is 0. The molecule has 0 aromatic heterocycles. The molecule has 1 aromatic rings. The highest BCUT2D eigenvalue weighted by Crippen LogP contribution is 2.35. The minimum atomic E-state index is -2.19. The van der Waals surface area contributed by atoms with Crippen molar-refractivity contribution < 1.29 is 4.21 Å². The van der Waals surface area contributed by atoms with E-state index < -0.39 is 9.73 Å². The average Bonchev–Trinajstić information content (AvgIpc) is 2.44. The fourth-order valence-electron chi connectivity index (χ4n) is 1.76. The van der Waals surface area contributed by atoms with Gasteiger partial charge in [0, 0.05) is 4.90 Å². The lowest BCUT2D eigenvalue weighted by molar-refractivity contribution is 0.618. The van der Waals surface area contributed by atoms with Crippen LogP contribution in [0, 0.1) is 0 Å². The highest BCUT2D eigenvalue weighted by Gasteiger charge is 2.37. The molecule has 14 heavy (non-hydrogen) atoms. The van der Waals surface area contributed by atoms with Gasteiger partial charge in [0.25, 0.3) is 0 Å². The normalized spacial score (nSPS) is 29.9. The maximum Gasteiger partial charge on any atom is 0.0805 e. The smallest absolute Gasteiger partial charge is 0.0805 e. The number of nitrogens with zero attached hydrogens (tertiary/aromatic N) is 1. The Kier molecular flexibility index (Phi) is 2.14. The lowest BCUT2D eigenvalue weighted by Gasteiger charge is -2.22. The van der Waals surface area contributed by atoms with E-state index in [4.69, 9.17) is 0 Å². The van der Waals surface area contributed by atoms with Crippen molar-refractivity contribution in [3.05, 3.63) is 30.3 Å². The van der Waals surface area contributed by atoms with Crippen LogP contribution in [0.15, 0.2) is 39.6 Å². The van der Waals surface area contributed by atoms with E-state index in [1.807, 2.05) is 44.2 Å². The van der Waals surface area contributed by atoms with Crippen LogP contribution in [-0.4, -0.2) is 15.5 Å². The molecule has 2 nitrogen and oxygen atoms in total. The van der Waals surface area contributed by atoms with Crippen molar-refractivity contribution in [2.45, 2.75) is 29.9 Å². The van der Waals surface area contributed by atoms with Crippen LogP contribution in [0.1, 0.15) is 20.3 Å². The molecule has 76 valence electrons. The Bertz CT molecular complexity index is 442. The van der Waals surface area contributed by atoms with Crippen LogP contribution in [-0.2, 0) is 9.73 Å². The van der Waals surface area contributed by atoms with Crippen LogP contribution < -0.4 is 0 Å². The van der Waals surface area contributed by atoms with Gasteiger partial charge in [0.1, 0.15) is 0 Å². The first kappa shape index (κ1) is 9.71. The molecular weight excluding hydrogens is 194 g/mol. The fraction of sp³-hybridized carbons (Fsp3) is 0.455. The van der Waals surface area contributed by atoms with Crippen molar-refractivity contribution in [3.63, 3.8) is 0 Å². The van der Waals surface area contributed by atoms with Gasteiger partial charge in [0.05, 0.1) is 21.0 Å². The molecule has 2 rings (SSSR count). The zero-order chi connectivity index (χ0) is 10.2. The topological polar surface area (TPSA) is 29.4 Å². The SMILES string of the molecule is CC1(C)CCN=S1(=O)c1ccccc1. The van der Waals surface area contributed by atoms with Gasteiger partial charge in [0.2, 0.25) is 0 Å². The first-order valence-electron chi connectivity index (χ1n) is 4.84. The molecule has 3 heteroatoms. The molecule has 0 radical (unpaired) electrons. The van der Waals surface area contributed by atoms with Crippen molar-refractivity contribution in [2.75, 3.05) is 6.54 Å². The Morgan fingerprint density at radius 3 is 2.43 bits per heavy atom. The lowest BCUT2D eigenvalue weighted by atomic mass is 10.1. The van der Waals surface area contributed by atoms with E-state index in [1.54, 1.807) is 0 Å². The summed E-state index contributed by atoms with van der Waals surface area (Å²) in [6.45, 7) is 4.80. The first-order chi connectivity index (χ1) is 6.56. The van der Waals surface area contributed by atoms with Crippen molar-refractivity contribution in [2.24, 2.45) is 4.36 Å². The molecule has 0 N–H and O–H groups in total. The summed E-state index contributed by atoms with van der Waals surface area (Å²) in [6, 6.07) is 9.61. The number of hydrogen-bond donors (Lipinski definition) is 0.